The zero-order valence-electron chi connectivity index (χ0n) is 11.0. The molecule has 0 unspecified atom stereocenters. The molecule has 3 nitrogen and oxygen atoms in total. The molecule has 0 saturated carbocycles. The second-order valence-corrected chi connectivity index (χ2v) is 4.39. The van der Waals surface area contributed by atoms with Gasteiger partial charge in [-0.1, -0.05) is 13.0 Å². The molecule has 0 aliphatic heterocycles. The molecule has 0 amide bonds. The van der Waals surface area contributed by atoms with Crippen molar-refractivity contribution >= 4 is 11.7 Å². The smallest absolute Gasteiger partial charge is 0.326 e. The number of aryl methyl sites for hydroxylation is 2. The minimum absolute atomic E-state index is 0.443. The van der Waals surface area contributed by atoms with Crippen molar-refractivity contribution in [2.45, 2.75) is 40.2 Å². The van der Waals surface area contributed by atoms with Crippen molar-refractivity contribution in [3.8, 4) is 0 Å². The Morgan fingerprint density at radius 3 is 2.12 bits per heavy atom. The molecular weight excluding hydrogens is 214 g/mol. The number of carboxylic acids is 1. The molecule has 0 saturated heterocycles. The van der Waals surface area contributed by atoms with Crippen molar-refractivity contribution in [3.63, 3.8) is 0 Å². The molecule has 0 aliphatic rings. The molecule has 1 aromatic rings. The maximum absolute atomic E-state index is 11.2. The van der Waals surface area contributed by atoms with Crippen molar-refractivity contribution in [1.29, 1.82) is 0 Å². The van der Waals surface area contributed by atoms with E-state index >= 15 is 0 Å². The van der Waals surface area contributed by atoms with Gasteiger partial charge in [0, 0.05) is 12.2 Å². The Hall–Kier alpha value is -1.51. The number of nitrogens with zero attached hydrogens (tertiary/aromatic N) is 1. The molecule has 0 bridgehead atoms. The van der Waals surface area contributed by atoms with Crippen LogP contribution in [0.2, 0.25) is 0 Å². The number of benzene rings is 1. The molecule has 17 heavy (non-hydrogen) atoms. The number of aliphatic carboxylic acids is 1. The van der Waals surface area contributed by atoms with Crippen LogP contribution in [0.4, 0.5) is 5.69 Å². The highest BCUT2D eigenvalue weighted by Crippen LogP contribution is 2.22. The summed E-state index contributed by atoms with van der Waals surface area (Å²) < 4.78 is 0. The van der Waals surface area contributed by atoms with Crippen LogP contribution in [-0.4, -0.2) is 23.7 Å². The Bertz CT molecular complexity index is 381. The minimum atomic E-state index is -0.756. The second-order valence-electron chi connectivity index (χ2n) is 4.39. The lowest BCUT2D eigenvalue weighted by Crippen LogP contribution is -2.40. The number of carboxylic acid groups (broad SMARTS) is 1. The van der Waals surface area contributed by atoms with E-state index in [1.165, 1.54) is 11.1 Å². The van der Waals surface area contributed by atoms with Gasteiger partial charge in [-0.25, -0.2) is 4.79 Å². The summed E-state index contributed by atoms with van der Waals surface area (Å²) in [5.41, 5.74) is 3.33. The van der Waals surface area contributed by atoms with Crippen LogP contribution in [0.1, 0.15) is 31.4 Å². The van der Waals surface area contributed by atoms with E-state index in [1.54, 1.807) is 0 Å². The average molecular weight is 235 g/mol. The van der Waals surface area contributed by atoms with Gasteiger partial charge in [0.2, 0.25) is 0 Å². The Morgan fingerprint density at radius 2 is 1.76 bits per heavy atom. The third-order valence-electron chi connectivity index (χ3n) is 2.93. The highest BCUT2D eigenvalue weighted by atomic mass is 16.4. The molecule has 1 rings (SSSR count). The van der Waals surface area contributed by atoms with Gasteiger partial charge < -0.3 is 10.0 Å². The minimum Gasteiger partial charge on any atom is -0.480 e. The fourth-order valence-electron chi connectivity index (χ4n) is 2.23. The molecule has 0 heterocycles. The lowest BCUT2D eigenvalue weighted by Gasteiger charge is -2.29. The van der Waals surface area contributed by atoms with Crippen molar-refractivity contribution in [2.75, 3.05) is 11.4 Å². The summed E-state index contributed by atoms with van der Waals surface area (Å²) in [7, 11) is 0. The van der Waals surface area contributed by atoms with Gasteiger partial charge in [-0.2, -0.15) is 0 Å². The summed E-state index contributed by atoms with van der Waals surface area (Å²) in [6, 6.07) is 5.74. The van der Waals surface area contributed by atoms with Gasteiger partial charge in [0.1, 0.15) is 6.04 Å². The number of rotatable bonds is 5. The first-order valence-electron chi connectivity index (χ1n) is 6.07. The van der Waals surface area contributed by atoms with E-state index < -0.39 is 12.0 Å². The van der Waals surface area contributed by atoms with Crippen LogP contribution in [0.3, 0.4) is 0 Å². The number of hydrogen-bond acceptors (Lipinski definition) is 2. The molecule has 94 valence electrons. The normalized spacial score (nSPS) is 12.2. The first-order valence-corrected chi connectivity index (χ1v) is 6.07. The van der Waals surface area contributed by atoms with Gasteiger partial charge in [0.15, 0.2) is 0 Å². The average Bonchev–Trinajstić information content (AvgIpc) is 2.23. The van der Waals surface area contributed by atoms with Crippen LogP contribution in [0.25, 0.3) is 0 Å². The van der Waals surface area contributed by atoms with Gasteiger partial charge in [0.05, 0.1) is 0 Å². The molecule has 1 aromatic carbocycles. The summed E-state index contributed by atoms with van der Waals surface area (Å²) in [4.78, 5) is 13.2. The lowest BCUT2D eigenvalue weighted by atomic mass is 10.1. The molecule has 0 fully saturated rings. The van der Waals surface area contributed by atoms with E-state index in [2.05, 4.69) is 6.07 Å². The zero-order valence-corrected chi connectivity index (χ0v) is 11.0. The van der Waals surface area contributed by atoms with Crippen molar-refractivity contribution in [1.82, 2.24) is 0 Å². The third kappa shape index (κ3) is 3.22. The SMILES string of the molecule is CC[C@H](C(=O)O)N(CC)c1cc(C)cc(C)c1. The maximum atomic E-state index is 11.2. The van der Waals surface area contributed by atoms with E-state index in [9.17, 15) is 9.90 Å². The topological polar surface area (TPSA) is 40.5 Å². The second kappa shape index (κ2) is 5.71. The summed E-state index contributed by atoms with van der Waals surface area (Å²) in [5.74, 6) is -0.756. The van der Waals surface area contributed by atoms with E-state index in [1.807, 2.05) is 44.7 Å². The van der Waals surface area contributed by atoms with Gasteiger partial charge in [0.25, 0.3) is 0 Å². The van der Waals surface area contributed by atoms with Crippen LogP contribution in [0.5, 0.6) is 0 Å². The van der Waals surface area contributed by atoms with E-state index in [4.69, 9.17) is 0 Å². The largest absolute Gasteiger partial charge is 0.480 e. The van der Waals surface area contributed by atoms with Crippen molar-refractivity contribution in [3.05, 3.63) is 29.3 Å². The fraction of sp³-hybridized carbons (Fsp3) is 0.500. The Kier molecular flexibility index (Phi) is 4.55. The Labute approximate surface area is 103 Å². The molecule has 3 heteroatoms. The summed E-state index contributed by atoms with van der Waals surface area (Å²) >= 11 is 0. The predicted octanol–water partition coefficient (Wildman–Crippen LogP) is 2.99. The third-order valence-corrected chi connectivity index (χ3v) is 2.93. The highest BCUT2D eigenvalue weighted by molar-refractivity contribution is 5.78. The number of likely N-dealkylation sites (N-methyl/N-ethyl adjacent to an activating group) is 1. The first kappa shape index (κ1) is 13.6. The monoisotopic (exact) mass is 235 g/mol. The number of anilines is 1. The molecule has 0 aliphatic carbocycles. The Morgan fingerprint density at radius 1 is 1.24 bits per heavy atom. The van der Waals surface area contributed by atoms with E-state index in [0.29, 0.717) is 13.0 Å². The van der Waals surface area contributed by atoms with Crippen LogP contribution >= 0.6 is 0 Å². The van der Waals surface area contributed by atoms with Gasteiger partial charge in [-0.15, -0.1) is 0 Å². The van der Waals surface area contributed by atoms with Crippen LogP contribution in [-0.2, 0) is 4.79 Å². The van der Waals surface area contributed by atoms with Crippen molar-refractivity contribution in [2.24, 2.45) is 0 Å². The quantitative estimate of drug-likeness (QED) is 0.853. The molecular formula is C14H21NO2. The summed E-state index contributed by atoms with van der Waals surface area (Å²) in [5, 5.41) is 9.23. The predicted molar refractivity (Wildman–Crippen MR) is 70.7 cm³/mol. The van der Waals surface area contributed by atoms with Crippen molar-refractivity contribution < 1.29 is 9.90 Å². The van der Waals surface area contributed by atoms with E-state index in [0.717, 1.165) is 5.69 Å². The maximum Gasteiger partial charge on any atom is 0.326 e. The summed E-state index contributed by atoms with van der Waals surface area (Å²) in [6.45, 7) is 8.67. The van der Waals surface area contributed by atoms with Crippen LogP contribution in [0, 0.1) is 13.8 Å². The molecule has 1 N–H and O–H groups in total. The Balaban J connectivity index is 3.11. The van der Waals surface area contributed by atoms with Gasteiger partial charge >= 0.3 is 5.97 Å². The highest BCUT2D eigenvalue weighted by Gasteiger charge is 2.22. The van der Waals surface area contributed by atoms with E-state index in [-0.39, 0.29) is 0 Å². The molecule has 1 atom stereocenters. The summed E-state index contributed by atoms with van der Waals surface area (Å²) in [6.07, 6.45) is 0.607. The molecule has 0 aromatic heterocycles. The first-order chi connectivity index (χ1) is 7.99. The number of carbonyl (C=O) groups is 1. The fourth-order valence-corrected chi connectivity index (χ4v) is 2.23. The van der Waals surface area contributed by atoms with Crippen LogP contribution in [0.15, 0.2) is 18.2 Å². The molecule has 0 radical (unpaired) electrons. The standard InChI is InChI=1S/C14H21NO2/c1-5-13(14(16)17)15(6-2)12-8-10(3)7-11(4)9-12/h7-9,13H,5-6H2,1-4H3,(H,16,17)/t13-/m1/s1. The van der Waals surface area contributed by atoms with Gasteiger partial charge in [-0.05, 0) is 50.5 Å². The molecule has 0 spiro atoms. The van der Waals surface area contributed by atoms with Gasteiger partial charge in [-0.3, -0.25) is 0 Å². The van der Waals surface area contributed by atoms with Crippen LogP contribution < -0.4 is 4.90 Å². The lowest BCUT2D eigenvalue weighted by molar-refractivity contribution is -0.138. The zero-order chi connectivity index (χ0) is 13.0. The number of hydrogen-bond donors (Lipinski definition) is 1.